The van der Waals surface area contributed by atoms with Crippen molar-refractivity contribution in [1.82, 2.24) is 20.1 Å². The molecule has 1 fully saturated rings. The van der Waals surface area contributed by atoms with Crippen LogP contribution in [0.1, 0.15) is 75.1 Å². The maximum absolute atomic E-state index is 14.1. The zero-order chi connectivity index (χ0) is 31.1. The van der Waals surface area contributed by atoms with Crippen LogP contribution in [-0.4, -0.2) is 56.7 Å². The molecule has 43 heavy (non-hydrogen) atoms. The highest BCUT2D eigenvalue weighted by atomic mass is 32.1. The molecule has 2 aromatic carbocycles. The Morgan fingerprint density at radius 2 is 1.91 bits per heavy atom. The maximum atomic E-state index is 14.1. The molecule has 5 rings (SSSR count). The van der Waals surface area contributed by atoms with Gasteiger partial charge in [-0.3, -0.25) is 14.4 Å². The van der Waals surface area contributed by atoms with E-state index in [2.05, 4.69) is 17.2 Å². The molecule has 8 nitrogen and oxygen atoms in total. The normalized spacial score (nSPS) is 19.1. The number of aromatic nitrogens is 1. The first-order valence-electron chi connectivity index (χ1n) is 15.0. The standard InChI is InChI=1S/C34H42N4O4S/c1-20(2)29(38-18-25-10-8-9-11-26(25)32(38)40)33(41)37-17-21(3)14-27(37)31(39)35-16-24-13-12-23(30-22(4)36-19-43-30)15-28(24)42-34(5,6)7/h8-13,15,19-21,27,29H,14,16-18H2,1-7H3,(H,35,39)/t21-,27+,29+/m1/s1. The van der Waals surface area contributed by atoms with E-state index in [1.807, 2.05) is 89.5 Å². The summed E-state index contributed by atoms with van der Waals surface area (Å²) >= 11 is 1.58. The monoisotopic (exact) mass is 602 g/mol. The quantitative estimate of drug-likeness (QED) is 0.350. The Morgan fingerprint density at radius 1 is 1.16 bits per heavy atom. The zero-order valence-electron chi connectivity index (χ0n) is 26.1. The summed E-state index contributed by atoms with van der Waals surface area (Å²) in [6.07, 6.45) is 0.575. The summed E-state index contributed by atoms with van der Waals surface area (Å²) in [5.41, 5.74) is 5.83. The number of nitrogens with one attached hydrogen (secondary N) is 1. The lowest BCUT2D eigenvalue weighted by Gasteiger charge is -2.35. The third-order valence-corrected chi connectivity index (χ3v) is 9.09. The van der Waals surface area contributed by atoms with Crippen LogP contribution < -0.4 is 10.1 Å². The van der Waals surface area contributed by atoms with Gasteiger partial charge in [0.15, 0.2) is 0 Å². The van der Waals surface area contributed by atoms with Crippen molar-refractivity contribution in [3.63, 3.8) is 0 Å². The van der Waals surface area contributed by atoms with Crippen LogP contribution in [0.2, 0.25) is 0 Å². The number of rotatable bonds is 8. The van der Waals surface area contributed by atoms with Gasteiger partial charge < -0.3 is 19.9 Å². The fourth-order valence-electron chi connectivity index (χ4n) is 6.13. The third-order valence-electron chi connectivity index (χ3n) is 8.11. The number of carbonyl (C=O) groups is 3. The van der Waals surface area contributed by atoms with Crippen molar-refractivity contribution in [2.75, 3.05) is 6.54 Å². The lowest BCUT2D eigenvalue weighted by atomic mass is 10.00. The van der Waals surface area contributed by atoms with E-state index in [-0.39, 0.29) is 36.1 Å². The van der Waals surface area contributed by atoms with Crippen LogP contribution in [0, 0.1) is 18.8 Å². The van der Waals surface area contributed by atoms with Gasteiger partial charge >= 0.3 is 0 Å². The number of fused-ring (bicyclic) bond motifs is 1. The number of benzene rings is 2. The lowest BCUT2D eigenvalue weighted by Crippen LogP contribution is -2.55. The number of thiazole rings is 1. The molecule has 0 spiro atoms. The molecule has 1 N–H and O–H groups in total. The molecule has 1 aromatic heterocycles. The first kappa shape index (κ1) is 30.7. The number of aryl methyl sites for hydroxylation is 1. The van der Waals surface area contributed by atoms with Crippen molar-refractivity contribution in [2.45, 2.75) is 85.7 Å². The Hall–Kier alpha value is -3.72. The summed E-state index contributed by atoms with van der Waals surface area (Å²) in [5.74, 6) is 0.281. The van der Waals surface area contributed by atoms with E-state index in [1.165, 1.54) is 0 Å². The second kappa shape index (κ2) is 12.1. The van der Waals surface area contributed by atoms with E-state index < -0.39 is 17.7 Å². The molecule has 0 unspecified atom stereocenters. The Bertz CT molecular complexity index is 1520. The van der Waals surface area contributed by atoms with Gasteiger partial charge in [-0.2, -0.15) is 0 Å². The molecule has 1 saturated heterocycles. The molecule has 0 radical (unpaired) electrons. The highest BCUT2D eigenvalue weighted by Gasteiger charge is 2.45. The molecule has 3 heterocycles. The molecular formula is C34H42N4O4S. The minimum atomic E-state index is -0.643. The first-order valence-corrected chi connectivity index (χ1v) is 15.9. The molecule has 228 valence electrons. The largest absolute Gasteiger partial charge is 0.488 e. The highest BCUT2D eigenvalue weighted by molar-refractivity contribution is 7.13. The van der Waals surface area contributed by atoms with E-state index in [0.717, 1.165) is 27.3 Å². The summed E-state index contributed by atoms with van der Waals surface area (Å²) in [6, 6.07) is 12.3. The number of hydrogen-bond acceptors (Lipinski definition) is 6. The van der Waals surface area contributed by atoms with Crippen LogP contribution in [0.5, 0.6) is 5.75 Å². The van der Waals surface area contributed by atoms with Gasteiger partial charge in [0.05, 0.1) is 16.1 Å². The van der Waals surface area contributed by atoms with Gasteiger partial charge in [0.25, 0.3) is 5.91 Å². The van der Waals surface area contributed by atoms with Crippen LogP contribution in [0.3, 0.4) is 0 Å². The van der Waals surface area contributed by atoms with Crippen molar-refractivity contribution in [3.05, 3.63) is 70.4 Å². The average molecular weight is 603 g/mol. The van der Waals surface area contributed by atoms with Gasteiger partial charge in [0.1, 0.15) is 23.4 Å². The minimum Gasteiger partial charge on any atom is -0.488 e. The fourth-order valence-corrected chi connectivity index (χ4v) is 6.94. The number of hydrogen-bond donors (Lipinski definition) is 1. The Balaban J connectivity index is 1.34. The molecule has 3 atom stereocenters. The van der Waals surface area contributed by atoms with Crippen molar-refractivity contribution in [3.8, 4) is 16.2 Å². The SMILES string of the molecule is Cc1ncsc1-c1ccc(CNC(=O)[C@@H]2C[C@@H](C)CN2C(=O)[C@H](C(C)C)N2Cc3ccccc3C2=O)c(OC(C)(C)C)c1. The van der Waals surface area contributed by atoms with Crippen LogP contribution in [0.25, 0.3) is 10.4 Å². The summed E-state index contributed by atoms with van der Waals surface area (Å²) in [6.45, 7) is 15.1. The van der Waals surface area contributed by atoms with Crippen molar-refractivity contribution >= 4 is 29.1 Å². The zero-order valence-corrected chi connectivity index (χ0v) is 27.0. The van der Waals surface area contributed by atoms with E-state index in [9.17, 15) is 14.4 Å². The molecule has 0 aliphatic carbocycles. The average Bonchev–Trinajstić information content (AvgIpc) is 3.64. The van der Waals surface area contributed by atoms with Crippen molar-refractivity contribution < 1.29 is 19.1 Å². The maximum Gasteiger partial charge on any atom is 0.255 e. The molecule has 0 saturated carbocycles. The van der Waals surface area contributed by atoms with Crippen molar-refractivity contribution in [2.24, 2.45) is 11.8 Å². The summed E-state index contributed by atoms with van der Waals surface area (Å²) < 4.78 is 6.33. The molecule has 3 aromatic rings. The van der Waals surface area contributed by atoms with Gasteiger partial charge in [-0.1, -0.05) is 51.1 Å². The Morgan fingerprint density at radius 3 is 2.56 bits per heavy atom. The van der Waals surface area contributed by atoms with E-state index >= 15 is 0 Å². The van der Waals surface area contributed by atoms with Crippen molar-refractivity contribution in [1.29, 1.82) is 0 Å². The second-order valence-electron chi connectivity index (χ2n) is 13.1. The predicted octanol–water partition coefficient (Wildman–Crippen LogP) is 5.83. The smallest absolute Gasteiger partial charge is 0.255 e. The van der Waals surface area contributed by atoms with E-state index in [4.69, 9.17) is 4.74 Å². The van der Waals surface area contributed by atoms with E-state index in [0.29, 0.717) is 30.8 Å². The van der Waals surface area contributed by atoms with Gasteiger partial charge in [-0.05, 0) is 69.2 Å². The summed E-state index contributed by atoms with van der Waals surface area (Å²) in [5, 5.41) is 3.10. The topological polar surface area (TPSA) is 91.8 Å². The minimum absolute atomic E-state index is 0.108. The number of nitrogens with zero attached hydrogens (tertiary/aromatic N) is 3. The molecule has 9 heteroatoms. The molecule has 0 bridgehead atoms. The number of ether oxygens (including phenoxy) is 1. The number of amides is 3. The molecule has 2 aliphatic heterocycles. The summed E-state index contributed by atoms with van der Waals surface area (Å²) in [4.78, 5) is 50.0. The van der Waals surface area contributed by atoms with Gasteiger partial charge in [-0.25, -0.2) is 4.98 Å². The Kier molecular flexibility index (Phi) is 8.65. The van der Waals surface area contributed by atoms with Gasteiger partial charge in [-0.15, -0.1) is 11.3 Å². The molecule has 2 aliphatic rings. The van der Waals surface area contributed by atoms with Crippen LogP contribution in [-0.2, 0) is 22.7 Å². The third kappa shape index (κ3) is 6.47. The van der Waals surface area contributed by atoms with Crippen LogP contribution in [0.15, 0.2) is 48.0 Å². The first-order chi connectivity index (χ1) is 20.3. The van der Waals surface area contributed by atoms with Crippen LogP contribution in [0.4, 0.5) is 0 Å². The predicted molar refractivity (Wildman–Crippen MR) is 169 cm³/mol. The highest BCUT2D eigenvalue weighted by Crippen LogP contribution is 2.34. The number of carbonyl (C=O) groups excluding carboxylic acids is 3. The Labute approximate surface area is 258 Å². The van der Waals surface area contributed by atoms with Gasteiger partial charge in [0, 0.05) is 30.8 Å². The molecular weight excluding hydrogens is 560 g/mol. The van der Waals surface area contributed by atoms with E-state index in [1.54, 1.807) is 21.1 Å². The fraction of sp³-hybridized carbons (Fsp3) is 0.471. The lowest BCUT2D eigenvalue weighted by molar-refractivity contribution is -0.143. The van der Waals surface area contributed by atoms with Crippen LogP contribution >= 0.6 is 11.3 Å². The van der Waals surface area contributed by atoms with Gasteiger partial charge in [0.2, 0.25) is 11.8 Å². The second-order valence-corrected chi connectivity index (χ2v) is 14.0. The summed E-state index contributed by atoms with van der Waals surface area (Å²) in [7, 11) is 0. The number of likely N-dealkylation sites (tertiary alicyclic amines) is 1. The molecule has 3 amide bonds.